The van der Waals surface area contributed by atoms with Crippen LogP contribution in [-0.4, -0.2) is 34.8 Å². The van der Waals surface area contributed by atoms with Gasteiger partial charge < -0.3 is 4.90 Å². The van der Waals surface area contributed by atoms with Gasteiger partial charge in [0.15, 0.2) is 5.78 Å². The van der Waals surface area contributed by atoms with Crippen LogP contribution in [0.4, 0.5) is 0 Å². The molecule has 0 saturated carbocycles. The summed E-state index contributed by atoms with van der Waals surface area (Å²) in [6.07, 6.45) is 9.32. The predicted molar refractivity (Wildman–Crippen MR) is 70.5 cm³/mol. The summed E-state index contributed by atoms with van der Waals surface area (Å²) in [6.45, 7) is 0. The second-order valence-corrected chi connectivity index (χ2v) is 5.68. The summed E-state index contributed by atoms with van der Waals surface area (Å²) in [7, 11) is 2.22. The largest absolute Gasteiger partial charge is 0.300 e. The van der Waals surface area contributed by atoms with Gasteiger partial charge in [-0.2, -0.15) is 0 Å². The second-order valence-electron chi connectivity index (χ2n) is 5.68. The molecule has 3 heteroatoms. The van der Waals surface area contributed by atoms with Crippen LogP contribution >= 0.6 is 0 Å². The number of aromatic nitrogens is 1. The molecule has 96 valence electrons. The molecular formula is C15H20N2O. The fourth-order valence-electron chi connectivity index (χ4n) is 3.57. The van der Waals surface area contributed by atoms with Crippen LogP contribution in [0.1, 0.15) is 42.5 Å². The number of ketones is 1. The third-order valence-electron chi connectivity index (χ3n) is 4.66. The molecule has 0 spiro atoms. The van der Waals surface area contributed by atoms with E-state index in [-0.39, 0.29) is 5.92 Å². The number of hydrogen-bond donors (Lipinski definition) is 0. The molecule has 0 aromatic carbocycles. The van der Waals surface area contributed by atoms with E-state index in [1.165, 1.54) is 19.3 Å². The Kier molecular flexibility index (Phi) is 3.16. The monoisotopic (exact) mass is 244 g/mol. The van der Waals surface area contributed by atoms with Crippen LogP contribution in [0.25, 0.3) is 0 Å². The highest BCUT2D eigenvalue weighted by atomic mass is 16.1. The van der Waals surface area contributed by atoms with Crippen LogP contribution < -0.4 is 0 Å². The number of carbonyl (C=O) groups is 1. The molecule has 2 aliphatic rings. The van der Waals surface area contributed by atoms with E-state index in [0.29, 0.717) is 17.9 Å². The van der Waals surface area contributed by atoms with Gasteiger partial charge in [-0.3, -0.25) is 9.78 Å². The van der Waals surface area contributed by atoms with Gasteiger partial charge in [-0.05, 0) is 44.9 Å². The molecule has 2 unspecified atom stereocenters. The van der Waals surface area contributed by atoms with Crippen molar-refractivity contribution < 1.29 is 4.79 Å². The van der Waals surface area contributed by atoms with Crippen molar-refractivity contribution in [1.82, 2.24) is 9.88 Å². The van der Waals surface area contributed by atoms with Gasteiger partial charge in [0.25, 0.3) is 0 Å². The number of pyridine rings is 1. The molecule has 2 fully saturated rings. The molecule has 0 N–H and O–H groups in total. The van der Waals surface area contributed by atoms with E-state index in [0.717, 1.165) is 18.4 Å². The van der Waals surface area contributed by atoms with E-state index in [9.17, 15) is 4.79 Å². The third kappa shape index (κ3) is 2.07. The average molecular weight is 244 g/mol. The number of piperidine rings is 2. The fourth-order valence-corrected chi connectivity index (χ4v) is 3.57. The summed E-state index contributed by atoms with van der Waals surface area (Å²) in [5, 5.41) is 0. The van der Waals surface area contributed by atoms with Gasteiger partial charge in [-0.15, -0.1) is 0 Å². The number of carbonyl (C=O) groups excluding carboxylic acids is 1. The molecule has 2 aliphatic heterocycles. The molecule has 3 rings (SSSR count). The van der Waals surface area contributed by atoms with Gasteiger partial charge in [-0.1, -0.05) is 6.42 Å². The van der Waals surface area contributed by atoms with Crippen LogP contribution in [0.3, 0.4) is 0 Å². The maximum Gasteiger partial charge on any atom is 0.167 e. The molecule has 2 bridgehead atoms. The quantitative estimate of drug-likeness (QED) is 0.750. The first-order chi connectivity index (χ1) is 8.75. The summed E-state index contributed by atoms with van der Waals surface area (Å²) in [5.41, 5.74) is 0.783. The zero-order chi connectivity index (χ0) is 12.5. The summed E-state index contributed by atoms with van der Waals surface area (Å²) in [4.78, 5) is 19.0. The van der Waals surface area contributed by atoms with E-state index in [1.807, 2.05) is 12.1 Å². The number of Topliss-reactive ketones (excluding diaryl/α,β-unsaturated/α-hetero) is 1. The average Bonchev–Trinajstić information content (AvgIpc) is 2.38. The molecule has 1 aromatic rings. The molecule has 3 heterocycles. The minimum Gasteiger partial charge on any atom is -0.300 e. The van der Waals surface area contributed by atoms with Crippen molar-refractivity contribution in [2.24, 2.45) is 5.92 Å². The lowest BCUT2D eigenvalue weighted by atomic mass is 9.76. The topological polar surface area (TPSA) is 33.2 Å². The predicted octanol–water partition coefficient (Wildman–Crippen LogP) is 2.53. The molecule has 0 radical (unpaired) electrons. The van der Waals surface area contributed by atoms with Crippen molar-refractivity contribution >= 4 is 5.78 Å². The summed E-state index contributed by atoms with van der Waals surface area (Å²) in [5.74, 6) is 0.508. The first-order valence-electron chi connectivity index (χ1n) is 6.92. The zero-order valence-corrected chi connectivity index (χ0v) is 10.9. The normalized spacial score (nSPS) is 32.2. The molecule has 3 nitrogen and oxygen atoms in total. The van der Waals surface area contributed by atoms with E-state index < -0.39 is 0 Å². The molecule has 0 amide bonds. The lowest BCUT2D eigenvalue weighted by Gasteiger charge is -2.46. The number of nitrogens with zero attached hydrogens (tertiary/aromatic N) is 2. The lowest BCUT2D eigenvalue weighted by molar-refractivity contribution is 0.0338. The van der Waals surface area contributed by atoms with Crippen molar-refractivity contribution in [3.05, 3.63) is 30.1 Å². The van der Waals surface area contributed by atoms with Crippen molar-refractivity contribution in [1.29, 1.82) is 0 Å². The lowest BCUT2D eigenvalue weighted by Crippen LogP contribution is -2.51. The fraction of sp³-hybridized carbons (Fsp3) is 0.600. The van der Waals surface area contributed by atoms with Crippen LogP contribution in [0.5, 0.6) is 0 Å². The van der Waals surface area contributed by atoms with Crippen molar-refractivity contribution in [2.75, 3.05) is 7.05 Å². The standard InChI is InChI=1S/C15H20N2O/c1-17-13-5-2-6-14(17)9-12(8-13)15(18)11-4-3-7-16-10-11/h3-4,7,10,12-14H,2,5-6,8-9H2,1H3. The highest BCUT2D eigenvalue weighted by Gasteiger charge is 2.38. The zero-order valence-electron chi connectivity index (χ0n) is 10.9. The smallest absolute Gasteiger partial charge is 0.167 e. The van der Waals surface area contributed by atoms with Crippen molar-refractivity contribution in [3.8, 4) is 0 Å². The van der Waals surface area contributed by atoms with E-state index in [2.05, 4.69) is 16.9 Å². The number of hydrogen-bond acceptors (Lipinski definition) is 3. The Morgan fingerprint density at radius 1 is 1.33 bits per heavy atom. The van der Waals surface area contributed by atoms with E-state index >= 15 is 0 Å². The summed E-state index contributed by atoms with van der Waals surface area (Å²) < 4.78 is 0. The van der Waals surface area contributed by atoms with Crippen LogP contribution in [0, 0.1) is 5.92 Å². The van der Waals surface area contributed by atoms with Gasteiger partial charge in [0.1, 0.15) is 0 Å². The Hall–Kier alpha value is -1.22. The van der Waals surface area contributed by atoms with Gasteiger partial charge in [0.2, 0.25) is 0 Å². The molecule has 0 aliphatic carbocycles. The number of rotatable bonds is 2. The van der Waals surface area contributed by atoms with Gasteiger partial charge in [0, 0.05) is 36.0 Å². The Morgan fingerprint density at radius 2 is 2.06 bits per heavy atom. The highest BCUT2D eigenvalue weighted by molar-refractivity contribution is 5.97. The summed E-state index contributed by atoms with van der Waals surface area (Å²) in [6, 6.07) is 4.97. The van der Waals surface area contributed by atoms with E-state index in [1.54, 1.807) is 12.4 Å². The van der Waals surface area contributed by atoms with Crippen molar-refractivity contribution in [2.45, 2.75) is 44.2 Å². The Morgan fingerprint density at radius 3 is 2.67 bits per heavy atom. The maximum atomic E-state index is 12.5. The van der Waals surface area contributed by atoms with Crippen LogP contribution in [-0.2, 0) is 0 Å². The Bertz CT molecular complexity index is 417. The SMILES string of the molecule is CN1C2CCCC1CC(C(=O)c1cccnc1)C2. The highest BCUT2D eigenvalue weighted by Crippen LogP contribution is 2.36. The minimum atomic E-state index is 0.209. The van der Waals surface area contributed by atoms with Crippen LogP contribution in [0.15, 0.2) is 24.5 Å². The molecule has 18 heavy (non-hydrogen) atoms. The van der Waals surface area contributed by atoms with Gasteiger partial charge >= 0.3 is 0 Å². The van der Waals surface area contributed by atoms with Gasteiger partial charge in [-0.25, -0.2) is 0 Å². The Balaban J connectivity index is 1.76. The number of fused-ring (bicyclic) bond motifs is 2. The second kappa shape index (κ2) is 4.81. The first kappa shape index (κ1) is 11.8. The summed E-state index contributed by atoms with van der Waals surface area (Å²) >= 11 is 0. The van der Waals surface area contributed by atoms with Gasteiger partial charge in [0.05, 0.1) is 0 Å². The maximum absolute atomic E-state index is 12.5. The third-order valence-corrected chi connectivity index (χ3v) is 4.66. The minimum absolute atomic E-state index is 0.209. The molecule has 2 atom stereocenters. The van der Waals surface area contributed by atoms with Crippen LogP contribution in [0.2, 0.25) is 0 Å². The Labute approximate surface area is 108 Å². The molecule has 1 aromatic heterocycles. The first-order valence-corrected chi connectivity index (χ1v) is 6.92. The molecule has 2 saturated heterocycles. The molecular weight excluding hydrogens is 224 g/mol. The van der Waals surface area contributed by atoms with E-state index in [4.69, 9.17) is 0 Å². The van der Waals surface area contributed by atoms with Crippen molar-refractivity contribution in [3.63, 3.8) is 0 Å².